The minimum atomic E-state index is -0.791. The summed E-state index contributed by atoms with van der Waals surface area (Å²) in [7, 11) is 0. The van der Waals surface area contributed by atoms with Crippen LogP contribution in [-0.4, -0.2) is 41.5 Å². The van der Waals surface area contributed by atoms with Crippen molar-refractivity contribution in [3.63, 3.8) is 0 Å². The van der Waals surface area contributed by atoms with E-state index in [0.717, 1.165) is 6.54 Å². The molecule has 0 saturated carbocycles. The minimum Gasteiger partial charge on any atom is -0.353 e. The van der Waals surface area contributed by atoms with Crippen LogP contribution in [0.1, 0.15) is 41.5 Å². The molecule has 0 aromatic rings. The Hall–Kier alpha value is -0.0300. The SMILES string of the molecule is CC(C)N(CCNC(=O)C(C)(C)N)C(C)C.Cl.Cl. The molecule has 0 aliphatic carbocycles. The molecule has 18 heavy (non-hydrogen) atoms. The topological polar surface area (TPSA) is 58.4 Å². The third-order valence-corrected chi connectivity index (χ3v) is 2.57. The summed E-state index contributed by atoms with van der Waals surface area (Å²) in [6.07, 6.45) is 0. The Morgan fingerprint density at radius 2 is 1.56 bits per heavy atom. The average molecular weight is 302 g/mol. The lowest BCUT2D eigenvalue weighted by Crippen LogP contribution is -2.51. The highest BCUT2D eigenvalue weighted by molar-refractivity contribution is 5.85. The maximum Gasteiger partial charge on any atom is 0.239 e. The number of carbonyl (C=O) groups excluding carboxylic acids is 1. The third-order valence-electron chi connectivity index (χ3n) is 2.57. The Kier molecular flexibility index (Phi) is 12.6. The number of carbonyl (C=O) groups is 1. The third kappa shape index (κ3) is 8.97. The summed E-state index contributed by atoms with van der Waals surface area (Å²) in [4.78, 5) is 13.9. The van der Waals surface area contributed by atoms with Crippen molar-refractivity contribution >= 4 is 30.7 Å². The van der Waals surface area contributed by atoms with Gasteiger partial charge in [-0.3, -0.25) is 9.69 Å². The lowest BCUT2D eigenvalue weighted by molar-refractivity contribution is -0.125. The first kappa shape index (κ1) is 23.1. The summed E-state index contributed by atoms with van der Waals surface area (Å²) >= 11 is 0. The van der Waals surface area contributed by atoms with Gasteiger partial charge in [-0.1, -0.05) is 0 Å². The molecule has 1 amide bonds. The highest BCUT2D eigenvalue weighted by atomic mass is 35.5. The van der Waals surface area contributed by atoms with Crippen molar-refractivity contribution in [2.75, 3.05) is 13.1 Å². The van der Waals surface area contributed by atoms with E-state index < -0.39 is 5.54 Å². The van der Waals surface area contributed by atoms with Crippen molar-refractivity contribution in [1.82, 2.24) is 10.2 Å². The smallest absolute Gasteiger partial charge is 0.239 e. The van der Waals surface area contributed by atoms with Gasteiger partial charge in [0.15, 0.2) is 0 Å². The second-order valence-corrected chi connectivity index (χ2v) is 5.40. The molecule has 0 bridgehead atoms. The molecule has 0 spiro atoms. The second kappa shape index (κ2) is 9.84. The zero-order valence-electron chi connectivity index (χ0n) is 12.3. The summed E-state index contributed by atoms with van der Waals surface area (Å²) < 4.78 is 0. The molecule has 6 heteroatoms. The maximum absolute atomic E-state index is 11.5. The van der Waals surface area contributed by atoms with Crippen LogP contribution in [-0.2, 0) is 4.79 Å². The van der Waals surface area contributed by atoms with E-state index in [1.54, 1.807) is 13.8 Å². The summed E-state index contributed by atoms with van der Waals surface area (Å²) in [5.74, 6) is -0.0973. The van der Waals surface area contributed by atoms with Gasteiger partial charge in [0.25, 0.3) is 0 Å². The van der Waals surface area contributed by atoms with E-state index in [4.69, 9.17) is 5.73 Å². The van der Waals surface area contributed by atoms with Crippen LogP contribution in [0.2, 0.25) is 0 Å². The molecule has 0 rings (SSSR count). The zero-order chi connectivity index (χ0) is 12.9. The van der Waals surface area contributed by atoms with Crippen LogP contribution in [0.5, 0.6) is 0 Å². The van der Waals surface area contributed by atoms with E-state index in [-0.39, 0.29) is 30.7 Å². The number of amides is 1. The van der Waals surface area contributed by atoms with E-state index in [9.17, 15) is 4.79 Å². The quantitative estimate of drug-likeness (QED) is 0.786. The zero-order valence-corrected chi connectivity index (χ0v) is 14.0. The van der Waals surface area contributed by atoms with Gasteiger partial charge in [-0.15, -0.1) is 24.8 Å². The molecule has 0 fully saturated rings. The molecule has 0 radical (unpaired) electrons. The average Bonchev–Trinajstić information content (AvgIpc) is 2.08. The summed E-state index contributed by atoms with van der Waals surface area (Å²) in [5, 5.41) is 2.86. The molecule has 0 aliphatic rings. The van der Waals surface area contributed by atoms with Gasteiger partial charge in [-0.2, -0.15) is 0 Å². The Labute approximate surface area is 124 Å². The van der Waals surface area contributed by atoms with Gasteiger partial charge in [0.05, 0.1) is 5.54 Å². The minimum absolute atomic E-state index is 0. The maximum atomic E-state index is 11.5. The summed E-state index contributed by atoms with van der Waals surface area (Å²) in [6.45, 7) is 13.6. The molecular formula is C12H29Cl2N3O. The number of rotatable bonds is 6. The highest BCUT2D eigenvalue weighted by Gasteiger charge is 2.21. The number of hydrogen-bond donors (Lipinski definition) is 2. The fourth-order valence-corrected chi connectivity index (χ4v) is 1.64. The molecule has 0 saturated heterocycles. The first-order chi connectivity index (χ1) is 7.16. The van der Waals surface area contributed by atoms with Crippen LogP contribution in [0.15, 0.2) is 0 Å². The normalized spacial score (nSPS) is 11.2. The molecule has 0 unspecified atom stereocenters. The van der Waals surface area contributed by atoms with Gasteiger partial charge in [0.1, 0.15) is 0 Å². The monoisotopic (exact) mass is 301 g/mol. The van der Waals surface area contributed by atoms with Crippen LogP contribution < -0.4 is 11.1 Å². The van der Waals surface area contributed by atoms with Crippen molar-refractivity contribution in [2.45, 2.75) is 59.2 Å². The van der Waals surface area contributed by atoms with Crippen molar-refractivity contribution in [3.05, 3.63) is 0 Å². The predicted molar refractivity (Wildman–Crippen MR) is 82.8 cm³/mol. The molecule has 0 heterocycles. The Morgan fingerprint density at radius 1 is 1.17 bits per heavy atom. The molecule has 0 atom stereocenters. The molecule has 0 aliphatic heterocycles. The largest absolute Gasteiger partial charge is 0.353 e. The van der Waals surface area contributed by atoms with Gasteiger partial charge in [-0.05, 0) is 41.5 Å². The van der Waals surface area contributed by atoms with Crippen molar-refractivity contribution in [1.29, 1.82) is 0 Å². The van der Waals surface area contributed by atoms with Gasteiger partial charge < -0.3 is 11.1 Å². The number of nitrogens with zero attached hydrogens (tertiary/aromatic N) is 1. The van der Waals surface area contributed by atoms with Crippen LogP contribution in [0.3, 0.4) is 0 Å². The number of hydrogen-bond acceptors (Lipinski definition) is 3. The first-order valence-corrected chi connectivity index (χ1v) is 5.99. The van der Waals surface area contributed by atoms with Gasteiger partial charge in [0.2, 0.25) is 5.91 Å². The van der Waals surface area contributed by atoms with E-state index in [1.165, 1.54) is 0 Å². The van der Waals surface area contributed by atoms with Crippen LogP contribution in [0.4, 0.5) is 0 Å². The Morgan fingerprint density at radius 3 is 1.83 bits per heavy atom. The summed E-state index contributed by atoms with van der Waals surface area (Å²) in [6, 6.07) is 0.977. The number of halogens is 2. The molecule has 0 aromatic carbocycles. The van der Waals surface area contributed by atoms with Gasteiger partial charge in [-0.25, -0.2) is 0 Å². The lowest BCUT2D eigenvalue weighted by Gasteiger charge is -2.30. The predicted octanol–water partition coefficient (Wildman–Crippen LogP) is 1.80. The van der Waals surface area contributed by atoms with Crippen molar-refractivity contribution in [2.24, 2.45) is 5.73 Å². The van der Waals surface area contributed by atoms with Crippen LogP contribution in [0, 0.1) is 0 Å². The Balaban J connectivity index is -0.00000112. The van der Waals surface area contributed by atoms with E-state index >= 15 is 0 Å². The molecular weight excluding hydrogens is 273 g/mol. The lowest BCUT2D eigenvalue weighted by atomic mass is 10.1. The van der Waals surface area contributed by atoms with E-state index in [0.29, 0.717) is 18.6 Å². The van der Waals surface area contributed by atoms with Gasteiger partial charge in [0, 0.05) is 25.2 Å². The van der Waals surface area contributed by atoms with Gasteiger partial charge >= 0.3 is 0 Å². The van der Waals surface area contributed by atoms with E-state index in [2.05, 4.69) is 37.9 Å². The first-order valence-electron chi connectivity index (χ1n) is 5.99. The fraction of sp³-hybridized carbons (Fsp3) is 0.917. The summed E-state index contributed by atoms with van der Waals surface area (Å²) in [5.41, 5.74) is 4.90. The van der Waals surface area contributed by atoms with Crippen LogP contribution >= 0.6 is 24.8 Å². The molecule has 3 N–H and O–H groups in total. The highest BCUT2D eigenvalue weighted by Crippen LogP contribution is 2.03. The number of nitrogens with two attached hydrogens (primary N) is 1. The van der Waals surface area contributed by atoms with Crippen molar-refractivity contribution < 1.29 is 4.79 Å². The Bertz CT molecular complexity index is 220. The van der Waals surface area contributed by atoms with Crippen LogP contribution in [0.25, 0.3) is 0 Å². The second-order valence-electron chi connectivity index (χ2n) is 5.40. The fourth-order valence-electron chi connectivity index (χ4n) is 1.64. The van der Waals surface area contributed by atoms with Crippen molar-refractivity contribution in [3.8, 4) is 0 Å². The molecule has 112 valence electrons. The standard InChI is InChI=1S/C12H27N3O.2ClH/c1-9(2)15(10(3)4)8-7-14-11(16)12(5,6)13;;/h9-10H,7-8,13H2,1-6H3,(H,14,16);2*1H. The van der Waals surface area contributed by atoms with E-state index in [1.807, 2.05) is 0 Å². The number of nitrogens with one attached hydrogen (secondary N) is 1. The molecule has 0 aromatic heterocycles. The molecule has 4 nitrogen and oxygen atoms in total.